The summed E-state index contributed by atoms with van der Waals surface area (Å²) in [4.78, 5) is 14.4. The highest BCUT2D eigenvalue weighted by molar-refractivity contribution is 5.94. The zero-order valence-electron chi connectivity index (χ0n) is 11.1. The Morgan fingerprint density at radius 1 is 1.21 bits per heavy atom. The fourth-order valence-corrected chi connectivity index (χ4v) is 2.72. The maximum absolute atomic E-state index is 12.1. The van der Waals surface area contributed by atoms with Gasteiger partial charge in [-0.15, -0.1) is 0 Å². The highest BCUT2D eigenvalue weighted by Gasteiger charge is 2.19. The van der Waals surface area contributed by atoms with E-state index in [-0.39, 0.29) is 11.9 Å². The molecule has 0 aromatic heterocycles. The molecule has 3 rings (SSSR count). The predicted molar refractivity (Wildman–Crippen MR) is 74.6 cm³/mol. The monoisotopic (exact) mass is 260 g/mol. The van der Waals surface area contributed by atoms with E-state index in [1.807, 2.05) is 24.3 Å². The number of nitrogens with zero attached hydrogens (tertiary/aromatic N) is 1. The topological polar surface area (TPSA) is 41.6 Å². The number of nitrogens with one attached hydrogen (secondary N) is 1. The van der Waals surface area contributed by atoms with Crippen molar-refractivity contribution in [2.24, 2.45) is 0 Å². The Hall–Kier alpha value is -1.55. The summed E-state index contributed by atoms with van der Waals surface area (Å²) in [5, 5.41) is 3.01. The number of benzene rings is 1. The first-order valence-corrected chi connectivity index (χ1v) is 7.06. The molecule has 1 N–H and O–H groups in total. The Bertz CT molecular complexity index is 432. The number of rotatable bonds is 3. The van der Waals surface area contributed by atoms with Crippen LogP contribution in [0.4, 0.5) is 5.69 Å². The van der Waals surface area contributed by atoms with Gasteiger partial charge in [0.15, 0.2) is 0 Å². The quantitative estimate of drug-likeness (QED) is 0.901. The normalized spacial score (nSPS) is 22.7. The third-order valence-electron chi connectivity index (χ3n) is 3.87. The first kappa shape index (κ1) is 12.5. The van der Waals surface area contributed by atoms with Crippen LogP contribution in [0.1, 0.15) is 29.6 Å². The summed E-state index contributed by atoms with van der Waals surface area (Å²) in [6, 6.07) is 8.10. The van der Waals surface area contributed by atoms with Crippen molar-refractivity contribution in [3.8, 4) is 0 Å². The fourth-order valence-electron chi connectivity index (χ4n) is 2.72. The van der Waals surface area contributed by atoms with Gasteiger partial charge in [0.25, 0.3) is 5.91 Å². The number of hydrogen-bond acceptors (Lipinski definition) is 3. The van der Waals surface area contributed by atoms with E-state index in [0.29, 0.717) is 6.61 Å². The van der Waals surface area contributed by atoms with E-state index < -0.39 is 0 Å². The molecule has 19 heavy (non-hydrogen) atoms. The van der Waals surface area contributed by atoms with Crippen LogP contribution in [-0.4, -0.2) is 38.3 Å². The first-order chi connectivity index (χ1) is 9.33. The van der Waals surface area contributed by atoms with Crippen molar-refractivity contribution < 1.29 is 9.53 Å². The SMILES string of the molecule is O=C(N[C@H]1CCOC1)c1ccc(N2CCCC2)cc1. The molecule has 0 aliphatic carbocycles. The molecule has 0 unspecified atom stereocenters. The van der Waals surface area contributed by atoms with Crippen molar-refractivity contribution in [2.75, 3.05) is 31.2 Å². The minimum atomic E-state index is 0.00321. The lowest BCUT2D eigenvalue weighted by molar-refractivity contribution is 0.0930. The minimum Gasteiger partial charge on any atom is -0.379 e. The molecular formula is C15H20N2O2. The molecule has 1 aromatic carbocycles. The van der Waals surface area contributed by atoms with E-state index in [1.54, 1.807) is 0 Å². The van der Waals surface area contributed by atoms with Crippen LogP contribution < -0.4 is 10.2 Å². The van der Waals surface area contributed by atoms with Crippen LogP contribution in [0.15, 0.2) is 24.3 Å². The summed E-state index contributed by atoms with van der Waals surface area (Å²) in [6.45, 7) is 3.65. The average molecular weight is 260 g/mol. The van der Waals surface area contributed by atoms with E-state index >= 15 is 0 Å². The van der Waals surface area contributed by atoms with E-state index in [2.05, 4.69) is 10.2 Å². The molecule has 2 fully saturated rings. The van der Waals surface area contributed by atoms with Gasteiger partial charge >= 0.3 is 0 Å². The maximum atomic E-state index is 12.1. The molecule has 4 nitrogen and oxygen atoms in total. The van der Waals surface area contributed by atoms with Gasteiger partial charge < -0.3 is 15.0 Å². The molecule has 2 aliphatic heterocycles. The van der Waals surface area contributed by atoms with E-state index in [4.69, 9.17) is 4.74 Å². The van der Waals surface area contributed by atoms with Crippen molar-refractivity contribution in [2.45, 2.75) is 25.3 Å². The van der Waals surface area contributed by atoms with Crippen molar-refractivity contribution in [3.63, 3.8) is 0 Å². The Labute approximate surface area is 113 Å². The minimum absolute atomic E-state index is 0.00321. The molecule has 1 atom stereocenters. The number of carbonyl (C=O) groups is 1. The maximum Gasteiger partial charge on any atom is 0.251 e. The molecular weight excluding hydrogens is 240 g/mol. The summed E-state index contributed by atoms with van der Waals surface area (Å²) in [5.41, 5.74) is 1.95. The third kappa shape index (κ3) is 2.89. The van der Waals surface area contributed by atoms with Crippen molar-refractivity contribution in [3.05, 3.63) is 29.8 Å². The van der Waals surface area contributed by atoms with E-state index in [9.17, 15) is 4.79 Å². The summed E-state index contributed by atoms with van der Waals surface area (Å²) in [6.07, 6.45) is 3.45. The second-order valence-corrected chi connectivity index (χ2v) is 5.28. The van der Waals surface area contributed by atoms with Crippen LogP contribution in [-0.2, 0) is 4.74 Å². The van der Waals surface area contributed by atoms with Gasteiger partial charge in [-0.2, -0.15) is 0 Å². The summed E-state index contributed by atoms with van der Waals surface area (Å²) < 4.78 is 5.26. The zero-order chi connectivity index (χ0) is 13.1. The number of carbonyl (C=O) groups excluding carboxylic acids is 1. The highest BCUT2D eigenvalue weighted by Crippen LogP contribution is 2.20. The molecule has 4 heteroatoms. The van der Waals surface area contributed by atoms with Gasteiger partial charge in [0, 0.05) is 30.9 Å². The van der Waals surface area contributed by atoms with Crippen molar-refractivity contribution in [1.82, 2.24) is 5.32 Å². The van der Waals surface area contributed by atoms with Gasteiger partial charge in [0.05, 0.1) is 12.6 Å². The Balaban J connectivity index is 1.62. The molecule has 2 heterocycles. The lowest BCUT2D eigenvalue weighted by atomic mass is 10.1. The molecule has 2 aliphatic rings. The third-order valence-corrected chi connectivity index (χ3v) is 3.87. The average Bonchev–Trinajstić information content (AvgIpc) is 3.12. The smallest absolute Gasteiger partial charge is 0.251 e. The Kier molecular flexibility index (Phi) is 3.69. The van der Waals surface area contributed by atoms with Crippen molar-refractivity contribution >= 4 is 11.6 Å². The molecule has 1 amide bonds. The van der Waals surface area contributed by atoms with Gasteiger partial charge in [-0.05, 0) is 43.5 Å². The number of hydrogen-bond donors (Lipinski definition) is 1. The van der Waals surface area contributed by atoms with Gasteiger partial charge in [-0.1, -0.05) is 0 Å². The largest absolute Gasteiger partial charge is 0.379 e. The lowest BCUT2D eigenvalue weighted by Crippen LogP contribution is -2.35. The molecule has 2 saturated heterocycles. The number of ether oxygens (including phenoxy) is 1. The second kappa shape index (κ2) is 5.61. The van der Waals surface area contributed by atoms with Crippen LogP contribution in [0.2, 0.25) is 0 Å². The Morgan fingerprint density at radius 3 is 2.58 bits per heavy atom. The highest BCUT2D eigenvalue weighted by atomic mass is 16.5. The number of anilines is 1. The molecule has 102 valence electrons. The summed E-state index contributed by atoms with van der Waals surface area (Å²) >= 11 is 0. The number of amides is 1. The molecule has 0 radical (unpaired) electrons. The molecule has 0 saturated carbocycles. The van der Waals surface area contributed by atoms with Crippen LogP contribution in [0.25, 0.3) is 0 Å². The molecule has 0 bridgehead atoms. The van der Waals surface area contributed by atoms with Crippen molar-refractivity contribution in [1.29, 1.82) is 0 Å². The van der Waals surface area contributed by atoms with Crippen LogP contribution in [0, 0.1) is 0 Å². The predicted octanol–water partition coefficient (Wildman–Crippen LogP) is 1.81. The standard InChI is InChI=1S/C15H20N2O2/c18-15(16-13-7-10-19-11-13)12-3-5-14(6-4-12)17-8-1-2-9-17/h3-6,13H,1-2,7-11H2,(H,16,18)/t13-/m0/s1. The van der Waals surface area contributed by atoms with Gasteiger partial charge in [0.1, 0.15) is 0 Å². The van der Waals surface area contributed by atoms with Crippen LogP contribution in [0.5, 0.6) is 0 Å². The zero-order valence-corrected chi connectivity index (χ0v) is 11.1. The molecule has 1 aromatic rings. The molecule has 0 spiro atoms. The summed E-state index contributed by atoms with van der Waals surface area (Å²) in [5.74, 6) is 0.00321. The van der Waals surface area contributed by atoms with Gasteiger partial charge in [-0.25, -0.2) is 0 Å². The van der Waals surface area contributed by atoms with Crippen LogP contribution in [0.3, 0.4) is 0 Å². The van der Waals surface area contributed by atoms with Crippen LogP contribution >= 0.6 is 0 Å². The van der Waals surface area contributed by atoms with E-state index in [1.165, 1.54) is 18.5 Å². The summed E-state index contributed by atoms with van der Waals surface area (Å²) in [7, 11) is 0. The lowest BCUT2D eigenvalue weighted by Gasteiger charge is -2.18. The fraction of sp³-hybridized carbons (Fsp3) is 0.533. The van der Waals surface area contributed by atoms with Gasteiger partial charge in [0.2, 0.25) is 0 Å². The Morgan fingerprint density at radius 2 is 1.95 bits per heavy atom. The van der Waals surface area contributed by atoms with E-state index in [0.717, 1.165) is 31.7 Å². The van der Waals surface area contributed by atoms with Gasteiger partial charge in [-0.3, -0.25) is 4.79 Å². The first-order valence-electron chi connectivity index (χ1n) is 7.06. The second-order valence-electron chi connectivity index (χ2n) is 5.28.